The van der Waals surface area contributed by atoms with Crippen molar-refractivity contribution in [2.75, 3.05) is 0 Å². The first-order chi connectivity index (χ1) is 5.70. The molecule has 1 N–H and O–H groups in total. The summed E-state index contributed by atoms with van der Waals surface area (Å²) in [5, 5.41) is 10.2. The van der Waals surface area contributed by atoms with Crippen LogP contribution in [0, 0.1) is 0 Å². The van der Waals surface area contributed by atoms with Crippen molar-refractivity contribution in [3.05, 3.63) is 27.7 Å². The zero-order valence-corrected chi connectivity index (χ0v) is 7.56. The standard InChI is InChI=1S/C7H5BCl2O2/c9-6-2-1-5-4(7(6)10)3-12-8(5)11/h1-2,11H,3H2. The average molecular weight is 203 g/mol. The van der Waals surface area contributed by atoms with Gasteiger partial charge >= 0.3 is 7.12 Å². The van der Waals surface area contributed by atoms with E-state index < -0.39 is 7.12 Å². The Morgan fingerprint density at radius 2 is 2.17 bits per heavy atom. The fourth-order valence-electron chi connectivity index (χ4n) is 1.24. The molecule has 2 rings (SSSR count). The maximum Gasteiger partial charge on any atom is 0.491 e. The van der Waals surface area contributed by atoms with Crippen molar-refractivity contribution in [3.63, 3.8) is 0 Å². The highest BCUT2D eigenvalue weighted by Crippen LogP contribution is 2.27. The van der Waals surface area contributed by atoms with Crippen molar-refractivity contribution in [2.24, 2.45) is 0 Å². The third kappa shape index (κ3) is 1.14. The first kappa shape index (κ1) is 8.39. The lowest BCUT2D eigenvalue weighted by Gasteiger charge is -2.01. The van der Waals surface area contributed by atoms with E-state index in [1.807, 2.05) is 0 Å². The first-order valence-electron chi connectivity index (χ1n) is 3.46. The van der Waals surface area contributed by atoms with E-state index in [1.54, 1.807) is 12.1 Å². The van der Waals surface area contributed by atoms with E-state index in [2.05, 4.69) is 0 Å². The summed E-state index contributed by atoms with van der Waals surface area (Å²) in [6.45, 7) is 0.329. The van der Waals surface area contributed by atoms with Gasteiger partial charge < -0.3 is 9.68 Å². The van der Waals surface area contributed by atoms with Crippen LogP contribution in [-0.2, 0) is 11.3 Å². The van der Waals surface area contributed by atoms with Gasteiger partial charge in [0, 0.05) is 0 Å². The molecule has 0 saturated heterocycles. The Balaban J connectivity index is 2.60. The monoisotopic (exact) mass is 202 g/mol. The molecule has 0 amide bonds. The Labute approximate surface area is 80.2 Å². The first-order valence-corrected chi connectivity index (χ1v) is 4.22. The summed E-state index contributed by atoms with van der Waals surface area (Å²) in [6.07, 6.45) is 0. The van der Waals surface area contributed by atoms with Crippen LogP contribution in [0.4, 0.5) is 0 Å². The predicted molar refractivity (Wildman–Crippen MR) is 48.9 cm³/mol. The predicted octanol–water partition coefficient (Wildman–Crippen LogP) is 1.21. The fourth-order valence-corrected chi connectivity index (χ4v) is 1.64. The number of hydrogen-bond acceptors (Lipinski definition) is 2. The molecule has 12 heavy (non-hydrogen) atoms. The summed E-state index contributed by atoms with van der Waals surface area (Å²) in [6, 6.07) is 3.38. The maximum absolute atomic E-state index is 9.27. The molecule has 1 aliphatic heterocycles. The maximum atomic E-state index is 9.27. The minimum atomic E-state index is -0.852. The number of rotatable bonds is 0. The van der Waals surface area contributed by atoms with E-state index in [0.717, 1.165) is 5.56 Å². The van der Waals surface area contributed by atoms with Crippen molar-refractivity contribution in [1.82, 2.24) is 0 Å². The van der Waals surface area contributed by atoms with E-state index in [0.29, 0.717) is 22.1 Å². The lowest BCUT2D eigenvalue weighted by Crippen LogP contribution is -2.27. The molecule has 2 nitrogen and oxygen atoms in total. The second-order valence-corrected chi connectivity index (χ2v) is 3.38. The molecule has 0 atom stereocenters. The quantitative estimate of drug-likeness (QED) is 0.642. The molecule has 0 aliphatic carbocycles. The van der Waals surface area contributed by atoms with Crippen LogP contribution < -0.4 is 5.46 Å². The van der Waals surface area contributed by atoms with E-state index in [9.17, 15) is 5.02 Å². The highest BCUT2D eigenvalue weighted by atomic mass is 35.5. The van der Waals surface area contributed by atoms with Crippen molar-refractivity contribution in [1.29, 1.82) is 0 Å². The minimum absolute atomic E-state index is 0.329. The van der Waals surface area contributed by atoms with Crippen LogP contribution in [0.1, 0.15) is 5.56 Å². The van der Waals surface area contributed by atoms with E-state index in [1.165, 1.54) is 0 Å². The van der Waals surface area contributed by atoms with Gasteiger partial charge in [0.2, 0.25) is 0 Å². The SMILES string of the molecule is OB1OCc2c1ccc(Cl)c2Cl. The number of hydrogen-bond donors (Lipinski definition) is 1. The van der Waals surface area contributed by atoms with Crippen LogP contribution in [0.2, 0.25) is 10.0 Å². The lowest BCUT2D eigenvalue weighted by atomic mass is 9.80. The molecule has 1 aromatic rings. The van der Waals surface area contributed by atoms with Crippen LogP contribution in [-0.4, -0.2) is 12.1 Å². The van der Waals surface area contributed by atoms with Gasteiger partial charge in [0.1, 0.15) is 0 Å². The summed E-state index contributed by atoms with van der Waals surface area (Å²) in [5.41, 5.74) is 1.50. The Bertz CT molecular complexity index is 329. The summed E-state index contributed by atoms with van der Waals surface area (Å²) < 4.78 is 4.97. The van der Waals surface area contributed by atoms with Gasteiger partial charge in [-0.05, 0) is 17.1 Å². The van der Waals surface area contributed by atoms with Crippen LogP contribution in [0.15, 0.2) is 12.1 Å². The van der Waals surface area contributed by atoms with E-state index in [-0.39, 0.29) is 0 Å². The van der Waals surface area contributed by atoms with Crippen molar-refractivity contribution < 1.29 is 9.68 Å². The summed E-state index contributed by atoms with van der Waals surface area (Å²) in [5.74, 6) is 0. The van der Waals surface area contributed by atoms with Gasteiger partial charge in [0.15, 0.2) is 0 Å². The number of halogens is 2. The highest BCUT2D eigenvalue weighted by Gasteiger charge is 2.29. The van der Waals surface area contributed by atoms with Crippen LogP contribution in [0.5, 0.6) is 0 Å². The topological polar surface area (TPSA) is 29.5 Å². The average Bonchev–Trinajstić information content (AvgIpc) is 2.41. The molecule has 0 aromatic heterocycles. The Hall–Kier alpha value is -0.215. The van der Waals surface area contributed by atoms with Crippen LogP contribution in [0.3, 0.4) is 0 Å². The van der Waals surface area contributed by atoms with Crippen LogP contribution >= 0.6 is 23.2 Å². The van der Waals surface area contributed by atoms with Gasteiger partial charge in [-0.3, -0.25) is 0 Å². The fraction of sp³-hybridized carbons (Fsp3) is 0.143. The Kier molecular flexibility index (Phi) is 2.05. The Morgan fingerprint density at radius 1 is 1.42 bits per heavy atom. The van der Waals surface area contributed by atoms with Crippen molar-refractivity contribution >= 4 is 35.8 Å². The van der Waals surface area contributed by atoms with Gasteiger partial charge in [-0.15, -0.1) is 0 Å². The molecule has 1 heterocycles. The molecule has 0 spiro atoms. The van der Waals surface area contributed by atoms with Gasteiger partial charge in [-0.25, -0.2) is 0 Å². The molecule has 0 unspecified atom stereocenters. The lowest BCUT2D eigenvalue weighted by molar-refractivity contribution is 0.275. The molecule has 0 fully saturated rings. The third-order valence-electron chi connectivity index (χ3n) is 1.88. The van der Waals surface area contributed by atoms with E-state index >= 15 is 0 Å². The number of benzene rings is 1. The van der Waals surface area contributed by atoms with Crippen molar-refractivity contribution in [2.45, 2.75) is 6.61 Å². The van der Waals surface area contributed by atoms with Gasteiger partial charge in [0.05, 0.1) is 16.7 Å². The molecule has 62 valence electrons. The van der Waals surface area contributed by atoms with E-state index in [4.69, 9.17) is 27.9 Å². The third-order valence-corrected chi connectivity index (χ3v) is 2.73. The molecular weight excluding hydrogens is 198 g/mol. The summed E-state index contributed by atoms with van der Waals surface area (Å²) >= 11 is 11.7. The van der Waals surface area contributed by atoms with Gasteiger partial charge in [0.25, 0.3) is 0 Å². The molecule has 1 aromatic carbocycles. The molecular formula is C7H5BCl2O2. The second-order valence-electron chi connectivity index (χ2n) is 2.59. The molecule has 0 bridgehead atoms. The normalized spacial score (nSPS) is 15.1. The minimum Gasteiger partial charge on any atom is -0.423 e. The van der Waals surface area contributed by atoms with Crippen molar-refractivity contribution in [3.8, 4) is 0 Å². The number of fused-ring (bicyclic) bond motifs is 1. The molecule has 5 heteroatoms. The zero-order chi connectivity index (χ0) is 8.72. The second kappa shape index (κ2) is 2.93. The zero-order valence-electron chi connectivity index (χ0n) is 6.05. The smallest absolute Gasteiger partial charge is 0.423 e. The highest BCUT2D eigenvalue weighted by molar-refractivity contribution is 6.62. The van der Waals surface area contributed by atoms with Crippen LogP contribution in [0.25, 0.3) is 0 Å². The largest absolute Gasteiger partial charge is 0.491 e. The summed E-state index contributed by atoms with van der Waals surface area (Å²) in [4.78, 5) is 0. The van der Waals surface area contributed by atoms with Gasteiger partial charge in [-0.1, -0.05) is 29.3 Å². The molecule has 0 saturated carbocycles. The Morgan fingerprint density at radius 3 is 2.92 bits per heavy atom. The molecule has 0 radical (unpaired) electrons. The summed E-state index contributed by atoms with van der Waals surface area (Å²) in [7, 11) is -0.852. The van der Waals surface area contributed by atoms with Gasteiger partial charge in [-0.2, -0.15) is 0 Å². The molecule has 1 aliphatic rings.